The summed E-state index contributed by atoms with van der Waals surface area (Å²) in [5, 5.41) is 15.4. The molecule has 4 rings (SSSR count). The third-order valence-electron chi connectivity index (χ3n) is 7.07. The fourth-order valence-corrected chi connectivity index (χ4v) is 5.31. The Morgan fingerprint density at radius 2 is 1.74 bits per heavy atom. The van der Waals surface area contributed by atoms with Gasteiger partial charge in [-0.05, 0) is 100 Å². The minimum atomic E-state index is -1.14. The van der Waals surface area contributed by atoms with E-state index in [9.17, 15) is 27.9 Å². The lowest BCUT2D eigenvalue weighted by Crippen LogP contribution is -2.42. The van der Waals surface area contributed by atoms with Gasteiger partial charge in [-0.2, -0.15) is 0 Å². The van der Waals surface area contributed by atoms with E-state index < -0.39 is 52.4 Å². The van der Waals surface area contributed by atoms with Crippen LogP contribution >= 0.6 is 0 Å². The van der Waals surface area contributed by atoms with Crippen LogP contribution in [0.25, 0.3) is 11.3 Å². The first-order valence-electron chi connectivity index (χ1n) is 13.8. The Kier molecular flexibility index (Phi) is 9.20. The summed E-state index contributed by atoms with van der Waals surface area (Å²) in [7, 11) is 0. The van der Waals surface area contributed by atoms with Crippen LogP contribution in [-0.2, 0) is 4.74 Å². The van der Waals surface area contributed by atoms with Crippen LogP contribution in [0.2, 0.25) is 0 Å². The van der Waals surface area contributed by atoms with Gasteiger partial charge in [-0.1, -0.05) is 6.92 Å². The molecule has 1 aliphatic carbocycles. The Bertz CT molecular complexity index is 1450. The summed E-state index contributed by atoms with van der Waals surface area (Å²) >= 11 is 0. The first kappa shape index (κ1) is 31.0. The van der Waals surface area contributed by atoms with Crippen molar-refractivity contribution in [1.29, 1.82) is 0 Å². The van der Waals surface area contributed by atoms with Crippen molar-refractivity contribution in [2.75, 3.05) is 5.32 Å². The van der Waals surface area contributed by atoms with Crippen LogP contribution in [0.3, 0.4) is 0 Å². The molecule has 1 aromatic carbocycles. The molecule has 2 aromatic heterocycles. The molecular weight excluding hydrogens is 549 g/mol. The van der Waals surface area contributed by atoms with Gasteiger partial charge >= 0.3 is 6.09 Å². The van der Waals surface area contributed by atoms with E-state index in [1.807, 2.05) is 0 Å². The van der Waals surface area contributed by atoms with Gasteiger partial charge < -0.3 is 20.5 Å². The van der Waals surface area contributed by atoms with Crippen LogP contribution in [-0.4, -0.2) is 38.7 Å². The molecule has 3 aromatic rings. The number of pyridine rings is 2. The molecule has 1 fully saturated rings. The van der Waals surface area contributed by atoms with Crippen LogP contribution in [0.5, 0.6) is 0 Å². The van der Waals surface area contributed by atoms with Crippen molar-refractivity contribution in [3.05, 3.63) is 77.0 Å². The minimum absolute atomic E-state index is 0.0206. The lowest BCUT2D eigenvalue weighted by atomic mass is 9.76. The summed E-state index contributed by atoms with van der Waals surface area (Å²) in [6.07, 6.45) is 3.65. The van der Waals surface area contributed by atoms with Crippen molar-refractivity contribution < 1.29 is 32.6 Å². The first-order valence-corrected chi connectivity index (χ1v) is 13.8. The fourth-order valence-electron chi connectivity index (χ4n) is 5.31. The molecule has 3 N–H and O–H groups in total. The average molecular weight is 585 g/mol. The molecule has 1 saturated carbocycles. The van der Waals surface area contributed by atoms with Crippen molar-refractivity contribution in [3.8, 4) is 11.3 Å². The predicted octanol–water partition coefficient (Wildman–Crippen LogP) is 6.66. The van der Waals surface area contributed by atoms with Crippen molar-refractivity contribution in [2.24, 2.45) is 5.92 Å². The van der Waals surface area contributed by atoms with Gasteiger partial charge in [-0.25, -0.2) is 22.9 Å². The van der Waals surface area contributed by atoms with E-state index in [1.54, 1.807) is 33.0 Å². The number of alkyl carbamates (subject to hydrolysis) is 1. The summed E-state index contributed by atoms with van der Waals surface area (Å²) < 4.78 is 49.7. The Morgan fingerprint density at radius 3 is 2.38 bits per heavy atom. The molecule has 1 aliphatic rings. The van der Waals surface area contributed by atoms with E-state index in [2.05, 4.69) is 27.5 Å². The lowest BCUT2D eigenvalue weighted by Gasteiger charge is -2.35. The van der Waals surface area contributed by atoms with Crippen molar-refractivity contribution in [1.82, 2.24) is 15.3 Å². The van der Waals surface area contributed by atoms with Gasteiger partial charge in [0.1, 0.15) is 34.4 Å². The number of amides is 2. The maximum absolute atomic E-state index is 14.8. The van der Waals surface area contributed by atoms with Gasteiger partial charge in [0.25, 0.3) is 5.91 Å². The first-order chi connectivity index (χ1) is 19.7. The molecule has 8 nitrogen and oxygen atoms in total. The summed E-state index contributed by atoms with van der Waals surface area (Å²) in [6.45, 7) is 8.82. The minimum Gasteiger partial charge on any atom is -0.444 e. The Morgan fingerprint density at radius 1 is 1.05 bits per heavy atom. The third kappa shape index (κ3) is 7.44. The second-order valence-corrected chi connectivity index (χ2v) is 11.8. The number of halogens is 3. The molecule has 0 spiro atoms. The number of aliphatic hydroxyl groups is 1. The molecule has 2 heterocycles. The van der Waals surface area contributed by atoms with Crippen molar-refractivity contribution >= 4 is 17.7 Å². The van der Waals surface area contributed by atoms with Gasteiger partial charge in [-0.3, -0.25) is 9.78 Å². The topological polar surface area (TPSA) is 113 Å². The second kappa shape index (κ2) is 12.5. The number of aliphatic hydroxyl groups excluding tert-OH is 1. The van der Waals surface area contributed by atoms with Crippen LogP contribution in [0.4, 0.5) is 23.7 Å². The number of nitrogens with zero attached hydrogens (tertiary/aromatic N) is 2. The smallest absolute Gasteiger partial charge is 0.407 e. The van der Waals surface area contributed by atoms with Gasteiger partial charge in [0, 0.05) is 12.2 Å². The van der Waals surface area contributed by atoms with Gasteiger partial charge in [0.05, 0.1) is 23.6 Å². The normalized spacial score (nSPS) is 19.6. The average Bonchev–Trinajstić information content (AvgIpc) is 2.88. The predicted molar refractivity (Wildman–Crippen MR) is 151 cm³/mol. The second-order valence-electron chi connectivity index (χ2n) is 11.8. The van der Waals surface area contributed by atoms with E-state index in [0.717, 1.165) is 42.7 Å². The number of rotatable bonds is 6. The molecule has 4 atom stereocenters. The number of carbonyl (C=O) groups is 2. The number of carbonyl (C=O) groups excluding carboxylic acids is 2. The van der Waals surface area contributed by atoms with Crippen molar-refractivity contribution in [2.45, 2.75) is 77.5 Å². The highest BCUT2D eigenvalue weighted by Gasteiger charge is 2.31. The van der Waals surface area contributed by atoms with E-state index >= 15 is 0 Å². The fraction of sp³-hybridized carbons (Fsp3) is 0.419. The molecule has 2 amide bonds. The summed E-state index contributed by atoms with van der Waals surface area (Å²) in [5.41, 5.74) is -1.11. The molecule has 42 heavy (non-hydrogen) atoms. The lowest BCUT2D eigenvalue weighted by molar-refractivity contribution is 0.0482. The zero-order chi connectivity index (χ0) is 30.8. The van der Waals surface area contributed by atoms with E-state index in [0.29, 0.717) is 12.1 Å². The van der Waals surface area contributed by atoms with Crippen molar-refractivity contribution in [3.63, 3.8) is 0 Å². The number of anilines is 1. The maximum atomic E-state index is 14.8. The van der Waals surface area contributed by atoms with Crippen LogP contribution < -0.4 is 10.6 Å². The van der Waals surface area contributed by atoms with E-state index in [-0.39, 0.29) is 29.1 Å². The summed E-state index contributed by atoms with van der Waals surface area (Å²) in [4.78, 5) is 33.7. The molecule has 0 bridgehead atoms. The van der Waals surface area contributed by atoms with Crippen LogP contribution in [0, 0.1) is 23.4 Å². The number of aromatic nitrogens is 2. The molecule has 0 aliphatic heterocycles. The van der Waals surface area contributed by atoms with Crippen LogP contribution in [0.15, 0.2) is 42.7 Å². The Balaban J connectivity index is 1.57. The Hall–Kier alpha value is -3.99. The Labute approximate surface area is 242 Å². The SMILES string of the molecule is C[C@@H]1C[C@H](NC(=O)OC(C)(C)C)C[C@H](c2ccncc2NC(=O)c2ccc(F)c(-c3c(F)cc([C@@H](C)O)cc3F)n2)C1. The van der Waals surface area contributed by atoms with Gasteiger partial charge in [0.15, 0.2) is 0 Å². The van der Waals surface area contributed by atoms with Gasteiger partial charge in [-0.15, -0.1) is 0 Å². The quantitative estimate of drug-likeness (QED) is 0.299. The maximum Gasteiger partial charge on any atom is 0.407 e. The summed E-state index contributed by atoms with van der Waals surface area (Å²) in [5.74, 6) is -3.74. The largest absolute Gasteiger partial charge is 0.444 e. The number of benzene rings is 1. The van der Waals surface area contributed by atoms with E-state index in [1.165, 1.54) is 13.1 Å². The highest BCUT2D eigenvalue weighted by atomic mass is 19.1. The van der Waals surface area contributed by atoms with Crippen LogP contribution in [0.1, 0.15) is 87.5 Å². The number of nitrogens with one attached hydrogen (secondary N) is 2. The monoisotopic (exact) mass is 584 g/mol. The third-order valence-corrected chi connectivity index (χ3v) is 7.07. The molecular formula is C31H35F3N4O4. The highest BCUT2D eigenvalue weighted by molar-refractivity contribution is 6.03. The molecule has 0 unspecified atom stereocenters. The van der Waals surface area contributed by atoms with Gasteiger partial charge in [0.2, 0.25) is 0 Å². The zero-order valence-corrected chi connectivity index (χ0v) is 24.2. The zero-order valence-electron chi connectivity index (χ0n) is 24.2. The molecule has 0 saturated heterocycles. The number of hydrogen-bond acceptors (Lipinski definition) is 6. The molecule has 11 heteroatoms. The standard InChI is InChI=1S/C31H35F3N4O4/c1-16-10-19(12-20(11-16)36-30(41)42-31(3,4)5)21-8-9-35-15-26(21)38-29(40)25-7-6-22(32)28(37-25)27-23(33)13-18(17(2)39)14-24(27)34/h6-9,13-17,19-20,39H,10-12H2,1-5H3,(H,36,41)(H,38,40)/t16-,17+,19+,20-/m0/s1. The molecule has 0 radical (unpaired) electrons. The number of ether oxygens (including phenoxy) is 1. The highest BCUT2D eigenvalue weighted by Crippen LogP contribution is 2.39. The number of hydrogen-bond donors (Lipinski definition) is 3. The van der Waals surface area contributed by atoms with E-state index in [4.69, 9.17) is 4.74 Å². The molecule has 224 valence electrons. The summed E-state index contributed by atoms with van der Waals surface area (Å²) in [6, 6.07) is 5.48.